The fourth-order valence-corrected chi connectivity index (χ4v) is 4.02. The second-order valence-electron chi connectivity index (χ2n) is 7.88. The quantitative estimate of drug-likeness (QED) is 0.835. The van der Waals surface area contributed by atoms with Gasteiger partial charge in [0.1, 0.15) is 5.69 Å². The molecule has 0 amide bonds. The Morgan fingerprint density at radius 3 is 2.48 bits per heavy atom. The second-order valence-corrected chi connectivity index (χ2v) is 7.88. The van der Waals surface area contributed by atoms with E-state index in [9.17, 15) is 4.79 Å². The third kappa shape index (κ3) is 4.34. The van der Waals surface area contributed by atoms with Gasteiger partial charge in [-0.15, -0.1) is 0 Å². The van der Waals surface area contributed by atoms with Crippen LogP contribution in [0.25, 0.3) is 0 Å². The van der Waals surface area contributed by atoms with Crippen molar-refractivity contribution in [3.8, 4) is 0 Å². The van der Waals surface area contributed by atoms with Crippen molar-refractivity contribution >= 4 is 5.97 Å². The monoisotopic (exact) mass is 292 g/mol. The maximum atomic E-state index is 11.4. The van der Waals surface area contributed by atoms with Crippen LogP contribution in [-0.4, -0.2) is 24.1 Å². The van der Waals surface area contributed by atoms with Crippen LogP contribution in [0.1, 0.15) is 63.1 Å². The van der Waals surface area contributed by atoms with Gasteiger partial charge in [0.25, 0.3) is 0 Å². The van der Waals surface area contributed by atoms with Gasteiger partial charge in [0, 0.05) is 18.3 Å². The molecule has 1 saturated carbocycles. The van der Waals surface area contributed by atoms with Crippen LogP contribution in [0.3, 0.4) is 0 Å². The zero-order valence-electron chi connectivity index (χ0n) is 13.9. The van der Waals surface area contributed by atoms with Crippen molar-refractivity contribution < 1.29 is 9.53 Å². The van der Waals surface area contributed by atoms with Crippen molar-refractivity contribution in [2.75, 3.05) is 7.11 Å². The summed E-state index contributed by atoms with van der Waals surface area (Å²) in [6.07, 6.45) is 3.66. The molecule has 118 valence electrons. The fourth-order valence-electron chi connectivity index (χ4n) is 4.02. The van der Waals surface area contributed by atoms with Crippen LogP contribution in [0.5, 0.6) is 0 Å². The van der Waals surface area contributed by atoms with Gasteiger partial charge in [-0.2, -0.15) is 0 Å². The number of nitrogens with one attached hydrogen (secondary N) is 2. The van der Waals surface area contributed by atoms with Gasteiger partial charge in [-0.1, -0.05) is 27.7 Å². The summed E-state index contributed by atoms with van der Waals surface area (Å²) < 4.78 is 4.71. The van der Waals surface area contributed by atoms with Crippen LogP contribution in [-0.2, 0) is 11.3 Å². The molecule has 0 unspecified atom stereocenters. The average Bonchev–Trinajstić information content (AvgIpc) is 2.80. The first-order chi connectivity index (χ1) is 9.71. The van der Waals surface area contributed by atoms with Crippen LogP contribution in [0, 0.1) is 10.8 Å². The van der Waals surface area contributed by atoms with E-state index in [2.05, 4.69) is 38.0 Å². The minimum absolute atomic E-state index is 0.318. The Morgan fingerprint density at radius 2 is 1.90 bits per heavy atom. The summed E-state index contributed by atoms with van der Waals surface area (Å²) in [5, 5.41) is 3.64. The van der Waals surface area contributed by atoms with E-state index in [-0.39, 0.29) is 5.97 Å². The molecule has 4 heteroatoms. The van der Waals surface area contributed by atoms with Crippen molar-refractivity contribution in [2.24, 2.45) is 10.8 Å². The smallest absolute Gasteiger partial charge is 0.354 e. The minimum atomic E-state index is -0.318. The number of ether oxygens (including phenoxy) is 1. The van der Waals surface area contributed by atoms with Crippen LogP contribution in [0.15, 0.2) is 12.1 Å². The number of aromatic amines is 1. The second kappa shape index (κ2) is 5.84. The molecule has 0 saturated heterocycles. The third-order valence-electron chi connectivity index (χ3n) is 4.29. The Kier molecular flexibility index (Phi) is 4.47. The van der Waals surface area contributed by atoms with Gasteiger partial charge in [0.15, 0.2) is 0 Å². The number of esters is 1. The van der Waals surface area contributed by atoms with Gasteiger partial charge in [0.05, 0.1) is 7.11 Å². The summed E-state index contributed by atoms with van der Waals surface area (Å²) in [6.45, 7) is 10.2. The molecule has 1 aliphatic rings. The molecular formula is C17H28N2O2. The predicted molar refractivity (Wildman–Crippen MR) is 84.2 cm³/mol. The summed E-state index contributed by atoms with van der Waals surface area (Å²) in [6, 6.07) is 4.24. The summed E-state index contributed by atoms with van der Waals surface area (Å²) in [5.41, 5.74) is 2.30. The van der Waals surface area contributed by atoms with E-state index in [1.165, 1.54) is 26.4 Å². The number of hydrogen-bond acceptors (Lipinski definition) is 3. The lowest BCUT2D eigenvalue weighted by atomic mass is 9.63. The van der Waals surface area contributed by atoms with Crippen molar-refractivity contribution in [2.45, 2.75) is 59.5 Å². The number of carbonyl (C=O) groups excluding carboxylic acids is 1. The first kappa shape index (κ1) is 16.1. The molecule has 0 bridgehead atoms. The highest BCUT2D eigenvalue weighted by Gasteiger charge is 2.38. The molecule has 1 aromatic rings. The summed E-state index contributed by atoms with van der Waals surface area (Å²) >= 11 is 0. The number of carbonyl (C=O) groups is 1. The van der Waals surface area contributed by atoms with Gasteiger partial charge in [-0.05, 0) is 42.2 Å². The van der Waals surface area contributed by atoms with E-state index < -0.39 is 0 Å². The van der Waals surface area contributed by atoms with Crippen LogP contribution in [0.2, 0.25) is 0 Å². The number of H-pyrrole nitrogens is 1. The van der Waals surface area contributed by atoms with Crippen molar-refractivity contribution in [1.29, 1.82) is 0 Å². The molecule has 0 aromatic carbocycles. The largest absolute Gasteiger partial charge is 0.464 e. The first-order valence-electron chi connectivity index (χ1n) is 7.70. The van der Waals surface area contributed by atoms with Crippen molar-refractivity contribution in [1.82, 2.24) is 10.3 Å². The highest BCUT2D eigenvalue weighted by atomic mass is 16.5. The molecule has 2 rings (SSSR count). The van der Waals surface area contributed by atoms with Gasteiger partial charge in [-0.25, -0.2) is 4.79 Å². The van der Waals surface area contributed by atoms with Gasteiger partial charge >= 0.3 is 5.97 Å². The van der Waals surface area contributed by atoms with E-state index >= 15 is 0 Å². The Balaban J connectivity index is 1.93. The maximum absolute atomic E-state index is 11.4. The van der Waals surface area contributed by atoms with E-state index in [4.69, 9.17) is 4.74 Å². The Hall–Kier alpha value is -1.29. The lowest BCUT2D eigenvalue weighted by molar-refractivity contribution is 0.0594. The van der Waals surface area contributed by atoms with Crippen molar-refractivity contribution in [3.05, 3.63) is 23.5 Å². The molecule has 0 aliphatic heterocycles. The van der Waals surface area contributed by atoms with Crippen LogP contribution < -0.4 is 5.32 Å². The number of methoxy groups -OCH3 is 1. The third-order valence-corrected chi connectivity index (χ3v) is 4.29. The number of rotatable bonds is 4. The Morgan fingerprint density at radius 1 is 1.29 bits per heavy atom. The van der Waals surface area contributed by atoms with E-state index in [1.54, 1.807) is 6.07 Å². The number of hydrogen-bond donors (Lipinski definition) is 2. The topological polar surface area (TPSA) is 54.1 Å². The lowest BCUT2D eigenvalue weighted by Gasteiger charge is -2.45. The first-order valence-corrected chi connectivity index (χ1v) is 7.70. The summed E-state index contributed by atoms with van der Waals surface area (Å²) in [5.74, 6) is -0.318. The predicted octanol–water partition coefficient (Wildman–Crippen LogP) is 3.50. The highest BCUT2D eigenvalue weighted by molar-refractivity contribution is 5.87. The molecule has 1 fully saturated rings. The van der Waals surface area contributed by atoms with Crippen LogP contribution in [0.4, 0.5) is 0 Å². The fraction of sp³-hybridized carbons (Fsp3) is 0.706. The molecule has 2 N–H and O–H groups in total. The molecule has 1 aliphatic carbocycles. The van der Waals surface area contributed by atoms with E-state index in [0.29, 0.717) is 22.6 Å². The normalized spacial score (nSPS) is 21.2. The molecular weight excluding hydrogens is 264 g/mol. The molecule has 0 spiro atoms. The molecule has 1 heterocycles. The highest BCUT2D eigenvalue weighted by Crippen LogP contribution is 2.45. The van der Waals surface area contributed by atoms with E-state index in [1.807, 2.05) is 6.07 Å². The SMILES string of the molecule is COC(=O)c1ccc(CNC2CC(C)(C)CC(C)(C)C2)[nH]1. The zero-order chi connectivity index (χ0) is 15.7. The van der Waals surface area contributed by atoms with Gasteiger partial charge in [0.2, 0.25) is 0 Å². The molecule has 1 aromatic heterocycles. The Labute approximate surface area is 127 Å². The summed E-state index contributed by atoms with van der Waals surface area (Å²) in [7, 11) is 1.40. The average molecular weight is 292 g/mol. The lowest BCUT2D eigenvalue weighted by Crippen LogP contribution is -2.43. The molecule has 21 heavy (non-hydrogen) atoms. The molecule has 4 nitrogen and oxygen atoms in total. The van der Waals surface area contributed by atoms with Gasteiger partial charge in [-0.3, -0.25) is 0 Å². The van der Waals surface area contributed by atoms with Crippen LogP contribution >= 0.6 is 0 Å². The maximum Gasteiger partial charge on any atom is 0.354 e. The summed E-state index contributed by atoms with van der Waals surface area (Å²) in [4.78, 5) is 14.5. The Bertz CT molecular complexity index is 487. The molecule has 0 radical (unpaired) electrons. The van der Waals surface area contributed by atoms with Gasteiger partial charge < -0.3 is 15.0 Å². The van der Waals surface area contributed by atoms with Crippen molar-refractivity contribution in [3.63, 3.8) is 0 Å². The number of aromatic nitrogens is 1. The minimum Gasteiger partial charge on any atom is -0.464 e. The zero-order valence-corrected chi connectivity index (χ0v) is 13.9. The molecule has 0 atom stereocenters. The van der Waals surface area contributed by atoms with E-state index in [0.717, 1.165) is 12.2 Å². The standard InChI is InChI=1S/C17H28N2O2/c1-16(2)8-13(9-17(3,4)11-16)18-10-12-6-7-14(19-12)15(20)21-5/h6-7,13,18-19H,8-11H2,1-5H3.